The Morgan fingerprint density at radius 3 is 2.39 bits per heavy atom. The van der Waals surface area contributed by atoms with Gasteiger partial charge in [-0.3, -0.25) is 4.90 Å². The molecule has 0 aromatic heterocycles. The van der Waals surface area contributed by atoms with E-state index in [1.807, 2.05) is 0 Å². The molecule has 0 radical (unpaired) electrons. The molecule has 18 heavy (non-hydrogen) atoms. The molecule has 0 aromatic rings. The van der Waals surface area contributed by atoms with Crippen LogP contribution >= 0.6 is 0 Å². The molecule has 1 N–H and O–H groups in total. The number of ether oxygens (including phenoxy) is 1. The van der Waals surface area contributed by atoms with Gasteiger partial charge in [-0.25, -0.2) is 8.42 Å². The lowest BCUT2D eigenvalue weighted by atomic mass is 10.2. The van der Waals surface area contributed by atoms with Crippen molar-refractivity contribution in [3.8, 4) is 0 Å². The van der Waals surface area contributed by atoms with E-state index in [-0.39, 0.29) is 12.6 Å². The average molecular weight is 278 g/mol. The Balaban J connectivity index is 2.04. The smallest absolute Gasteiger partial charge is 0.216 e. The number of sulfonamides is 1. The molecule has 2 atom stereocenters. The number of hydrogen-bond acceptors (Lipinski definition) is 5. The van der Waals surface area contributed by atoms with Gasteiger partial charge in [-0.05, 0) is 13.8 Å². The van der Waals surface area contributed by atoms with E-state index in [9.17, 15) is 13.5 Å². The summed E-state index contributed by atoms with van der Waals surface area (Å²) in [7, 11) is -3.27. The van der Waals surface area contributed by atoms with Crippen molar-refractivity contribution in [1.82, 2.24) is 9.21 Å². The summed E-state index contributed by atoms with van der Waals surface area (Å²) in [5.41, 5.74) is 0. The van der Waals surface area contributed by atoms with E-state index in [4.69, 9.17) is 4.74 Å². The van der Waals surface area contributed by atoms with Gasteiger partial charge in [0.2, 0.25) is 10.0 Å². The van der Waals surface area contributed by atoms with E-state index >= 15 is 0 Å². The van der Waals surface area contributed by atoms with Crippen molar-refractivity contribution in [2.45, 2.75) is 31.2 Å². The van der Waals surface area contributed by atoms with Gasteiger partial charge in [0.15, 0.2) is 0 Å². The highest BCUT2D eigenvalue weighted by Crippen LogP contribution is 2.22. The van der Waals surface area contributed by atoms with Crippen molar-refractivity contribution in [3.63, 3.8) is 0 Å². The van der Waals surface area contributed by atoms with Gasteiger partial charge in [-0.2, -0.15) is 4.31 Å². The van der Waals surface area contributed by atoms with Crippen LogP contribution in [-0.4, -0.2) is 79.5 Å². The minimum atomic E-state index is -3.27. The summed E-state index contributed by atoms with van der Waals surface area (Å²) in [5, 5.41) is 9.63. The van der Waals surface area contributed by atoms with Gasteiger partial charge in [0.05, 0.1) is 30.6 Å². The van der Waals surface area contributed by atoms with Crippen LogP contribution in [0.5, 0.6) is 0 Å². The second kappa shape index (κ2) is 5.42. The van der Waals surface area contributed by atoms with Crippen LogP contribution in [0.25, 0.3) is 0 Å². The van der Waals surface area contributed by atoms with Gasteiger partial charge in [0, 0.05) is 26.2 Å². The van der Waals surface area contributed by atoms with Crippen LogP contribution in [0, 0.1) is 0 Å². The van der Waals surface area contributed by atoms with Crippen LogP contribution in [0.3, 0.4) is 0 Å². The second-order valence-electron chi connectivity index (χ2n) is 5.19. The van der Waals surface area contributed by atoms with Gasteiger partial charge < -0.3 is 9.84 Å². The molecule has 0 bridgehead atoms. The number of nitrogens with zero attached hydrogens (tertiary/aromatic N) is 2. The number of morpholine rings is 1. The molecule has 7 heteroatoms. The second-order valence-corrected chi connectivity index (χ2v) is 7.68. The van der Waals surface area contributed by atoms with Gasteiger partial charge in [0.25, 0.3) is 0 Å². The summed E-state index contributed by atoms with van der Waals surface area (Å²) in [5.74, 6) is 0. The molecule has 2 saturated heterocycles. The summed E-state index contributed by atoms with van der Waals surface area (Å²) >= 11 is 0. The number of aliphatic hydroxyl groups is 1. The number of rotatable bonds is 3. The van der Waals surface area contributed by atoms with Gasteiger partial charge in [-0.1, -0.05) is 0 Å². The fourth-order valence-electron chi connectivity index (χ4n) is 2.51. The molecule has 2 aliphatic heterocycles. The van der Waals surface area contributed by atoms with E-state index in [1.165, 1.54) is 4.31 Å². The lowest BCUT2D eigenvalue weighted by Crippen LogP contribution is -2.49. The molecule has 0 amide bonds. The first kappa shape index (κ1) is 14.2. The maximum atomic E-state index is 12.1. The summed E-state index contributed by atoms with van der Waals surface area (Å²) in [6.07, 6.45) is -0.600. The standard InChI is InChI=1S/C11H22N2O4S/c1-9(2)18(15,16)13-7-10(11(14)8-13)12-3-5-17-6-4-12/h9-11,14H,3-8H2,1-2H3/t10-,11-/m1/s1. The third kappa shape index (κ3) is 2.70. The highest BCUT2D eigenvalue weighted by Gasteiger charge is 2.41. The first-order chi connectivity index (χ1) is 8.43. The molecule has 0 unspecified atom stereocenters. The SMILES string of the molecule is CC(C)S(=O)(=O)N1C[C@@H](O)[C@H](N2CCOCC2)C1. The zero-order valence-electron chi connectivity index (χ0n) is 10.9. The molecule has 106 valence electrons. The zero-order chi connectivity index (χ0) is 13.3. The molecule has 2 aliphatic rings. The van der Waals surface area contributed by atoms with Crippen molar-refractivity contribution in [2.75, 3.05) is 39.4 Å². The monoisotopic (exact) mass is 278 g/mol. The Hall–Kier alpha value is -0.210. The van der Waals surface area contributed by atoms with E-state index < -0.39 is 21.4 Å². The maximum Gasteiger partial charge on any atom is 0.216 e. The predicted octanol–water partition coefficient (Wildman–Crippen LogP) is -0.898. The molecule has 0 aliphatic carbocycles. The van der Waals surface area contributed by atoms with Crippen molar-refractivity contribution in [3.05, 3.63) is 0 Å². The minimum absolute atomic E-state index is 0.0950. The van der Waals surface area contributed by atoms with Gasteiger partial charge >= 0.3 is 0 Å². The fraction of sp³-hybridized carbons (Fsp3) is 1.00. The largest absolute Gasteiger partial charge is 0.390 e. The molecule has 0 spiro atoms. The van der Waals surface area contributed by atoms with Gasteiger partial charge in [0.1, 0.15) is 0 Å². The van der Waals surface area contributed by atoms with Crippen molar-refractivity contribution in [1.29, 1.82) is 0 Å². The van der Waals surface area contributed by atoms with E-state index in [0.29, 0.717) is 19.8 Å². The quantitative estimate of drug-likeness (QED) is 0.725. The molecule has 0 aromatic carbocycles. The zero-order valence-corrected chi connectivity index (χ0v) is 11.8. The van der Waals surface area contributed by atoms with Crippen molar-refractivity contribution >= 4 is 10.0 Å². The summed E-state index contributed by atoms with van der Waals surface area (Å²) in [4.78, 5) is 2.13. The third-order valence-electron chi connectivity index (χ3n) is 3.70. The maximum absolute atomic E-state index is 12.1. The minimum Gasteiger partial charge on any atom is -0.390 e. The number of β-amino-alcohol motifs (C(OH)–C–C–N with tert-alkyl or cyclic N) is 1. The fourth-order valence-corrected chi connectivity index (χ4v) is 3.83. The van der Waals surface area contributed by atoms with E-state index in [1.54, 1.807) is 13.8 Å². The lowest BCUT2D eigenvalue weighted by molar-refractivity contribution is -0.00602. The van der Waals surface area contributed by atoms with Gasteiger partial charge in [-0.15, -0.1) is 0 Å². The van der Waals surface area contributed by atoms with Crippen LogP contribution < -0.4 is 0 Å². The molecule has 2 heterocycles. The summed E-state index contributed by atoms with van der Waals surface area (Å²) in [6.45, 7) is 6.77. The highest BCUT2D eigenvalue weighted by molar-refractivity contribution is 7.89. The van der Waals surface area contributed by atoms with E-state index in [2.05, 4.69) is 4.90 Å². The molecule has 2 fully saturated rings. The molecule has 0 saturated carbocycles. The molecule has 2 rings (SSSR count). The molecule has 6 nitrogen and oxygen atoms in total. The van der Waals surface area contributed by atoms with Crippen LogP contribution in [0.15, 0.2) is 0 Å². The Morgan fingerprint density at radius 1 is 1.22 bits per heavy atom. The Kier molecular flexibility index (Phi) is 4.28. The molecular weight excluding hydrogens is 256 g/mol. The van der Waals surface area contributed by atoms with Crippen LogP contribution in [0.1, 0.15) is 13.8 Å². The highest BCUT2D eigenvalue weighted by atomic mass is 32.2. The Morgan fingerprint density at radius 2 is 1.83 bits per heavy atom. The topological polar surface area (TPSA) is 70.1 Å². The first-order valence-electron chi connectivity index (χ1n) is 6.41. The average Bonchev–Trinajstić information content (AvgIpc) is 2.73. The number of aliphatic hydroxyl groups excluding tert-OH is 1. The lowest BCUT2D eigenvalue weighted by Gasteiger charge is -2.33. The normalized spacial score (nSPS) is 32.2. The predicted molar refractivity (Wildman–Crippen MR) is 67.8 cm³/mol. The van der Waals surface area contributed by atoms with Crippen molar-refractivity contribution < 1.29 is 18.3 Å². The van der Waals surface area contributed by atoms with Crippen LogP contribution in [0.4, 0.5) is 0 Å². The third-order valence-corrected chi connectivity index (χ3v) is 5.91. The number of hydrogen-bond donors (Lipinski definition) is 1. The van der Waals surface area contributed by atoms with E-state index in [0.717, 1.165) is 13.1 Å². The Labute approximate surface area is 109 Å². The Bertz CT molecular complexity index is 379. The first-order valence-corrected chi connectivity index (χ1v) is 7.92. The van der Waals surface area contributed by atoms with Crippen LogP contribution in [0.2, 0.25) is 0 Å². The summed E-state index contributed by atoms with van der Waals surface area (Å²) < 4.78 is 30.8. The van der Waals surface area contributed by atoms with Crippen molar-refractivity contribution in [2.24, 2.45) is 0 Å². The molecular formula is C11H22N2O4S. The van der Waals surface area contributed by atoms with Crippen LogP contribution in [-0.2, 0) is 14.8 Å². The summed E-state index contributed by atoms with van der Waals surface area (Å²) in [6, 6.07) is -0.0950.